The number of nitriles is 1. The summed E-state index contributed by atoms with van der Waals surface area (Å²) in [6.07, 6.45) is 3.13. The molecule has 1 aliphatic rings. The van der Waals surface area contributed by atoms with Crippen LogP contribution in [0.3, 0.4) is 0 Å². The maximum atomic E-state index is 14.3. The average molecular weight is 313 g/mol. The van der Waals surface area contributed by atoms with Crippen LogP contribution in [0.5, 0.6) is 0 Å². The van der Waals surface area contributed by atoms with Crippen molar-refractivity contribution < 1.29 is 13.2 Å². The molecule has 0 radical (unpaired) electrons. The molecule has 1 nitrogen and oxygen atoms in total. The SMILES string of the molecule is CCc1cc(F)c(C2=Cc3cc(F)c(C#N)cc3CC2)c(F)c1. The number of rotatable bonds is 2. The van der Waals surface area contributed by atoms with Crippen molar-refractivity contribution in [2.75, 3.05) is 0 Å². The zero-order chi connectivity index (χ0) is 16.6. The van der Waals surface area contributed by atoms with Crippen molar-refractivity contribution >= 4 is 11.6 Å². The third kappa shape index (κ3) is 2.75. The second kappa shape index (κ2) is 5.92. The van der Waals surface area contributed by atoms with Crippen molar-refractivity contribution in [2.45, 2.75) is 26.2 Å². The van der Waals surface area contributed by atoms with E-state index in [4.69, 9.17) is 5.26 Å². The van der Waals surface area contributed by atoms with E-state index in [0.29, 0.717) is 36.0 Å². The summed E-state index contributed by atoms with van der Waals surface area (Å²) in [6, 6.07) is 7.24. The van der Waals surface area contributed by atoms with E-state index in [-0.39, 0.29) is 11.1 Å². The Kier molecular flexibility index (Phi) is 3.96. The van der Waals surface area contributed by atoms with Crippen LogP contribution in [0.25, 0.3) is 11.6 Å². The first-order valence-electron chi connectivity index (χ1n) is 7.45. The van der Waals surface area contributed by atoms with Gasteiger partial charge < -0.3 is 0 Å². The average Bonchev–Trinajstić information content (AvgIpc) is 2.53. The van der Waals surface area contributed by atoms with Crippen molar-refractivity contribution in [3.8, 4) is 6.07 Å². The van der Waals surface area contributed by atoms with Crippen molar-refractivity contribution in [1.82, 2.24) is 0 Å². The van der Waals surface area contributed by atoms with Crippen LogP contribution in [0.1, 0.15) is 41.2 Å². The maximum Gasteiger partial charge on any atom is 0.141 e. The van der Waals surface area contributed by atoms with Crippen LogP contribution < -0.4 is 0 Å². The number of hydrogen-bond acceptors (Lipinski definition) is 1. The quantitative estimate of drug-likeness (QED) is 0.763. The van der Waals surface area contributed by atoms with Gasteiger partial charge in [-0.3, -0.25) is 0 Å². The topological polar surface area (TPSA) is 23.8 Å². The number of hydrogen-bond donors (Lipinski definition) is 0. The normalized spacial score (nSPS) is 13.3. The van der Waals surface area contributed by atoms with Crippen LogP contribution in [0.4, 0.5) is 13.2 Å². The molecule has 0 fully saturated rings. The van der Waals surface area contributed by atoms with E-state index in [1.165, 1.54) is 24.3 Å². The number of benzene rings is 2. The van der Waals surface area contributed by atoms with Gasteiger partial charge in [0.05, 0.1) is 5.56 Å². The standard InChI is InChI=1S/C19H14F3N/c1-2-11-5-17(21)19(18(22)6-11)13-4-3-12-7-15(10-23)16(20)9-14(12)8-13/h5-9H,2-4H2,1H3. The molecule has 4 heteroatoms. The third-order valence-corrected chi connectivity index (χ3v) is 4.17. The molecule has 23 heavy (non-hydrogen) atoms. The van der Waals surface area contributed by atoms with Gasteiger partial charge in [0.15, 0.2) is 0 Å². The van der Waals surface area contributed by atoms with Gasteiger partial charge >= 0.3 is 0 Å². The summed E-state index contributed by atoms with van der Waals surface area (Å²) in [5.41, 5.74) is 2.45. The highest BCUT2D eigenvalue weighted by Crippen LogP contribution is 2.34. The van der Waals surface area contributed by atoms with E-state index >= 15 is 0 Å². The molecule has 2 aromatic rings. The molecule has 2 aromatic carbocycles. The molecule has 0 amide bonds. The Balaban J connectivity index is 2.10. The van der Waals surface area contributed by atoms with Crippen molar-refractivity contribution in [1.29, 1.82) is 5.26 Å². The Bertz CT molecular complexity index is 837. The Hall–Kier alpha value is -2.54. The van der Waals surface area contributed by atoms with E-state index in [1.54, 1.807) is 12.1 Å². The lowest BCUT2D eigenvalue weighted by Gasteiger charge is -2.18. The van der Waals surface area contributed by atoms with E-state index in [0.717, 1.165) is 5.56 Å². The fraction of sp³-hybridized carbons (Fsp3) is 0.211. The Morgan fingerprint density at radius 3 is 2.30 bits per heavy atom. The van der Waals surface area contributed by atoms with E-state index in [1.807, 2.05) is 6.92 Å². The Morgan fingerprint density at radius 2 is 1.70 bits per heavy atom. The van der Waals surface area contributed by atoms with Gasteiger partial charge in [-0.05, 0) is 65.8 Å². The molecule has 0 bridgehead atoms. The molecular formula is C19H14F3N. The molecule has 0 aliphatic heterocycles. The van der Waals surface area contributed by atoms with Gasteiger partial charge in [0.25, 0.3) is 0 Å². The van der Waals surface area contributed by atoms with Crippen LogP contribution >= 0.6 is 0 Å². The molecule has 0 spiro atoms. The molecule has 0 aromatic heterocycles. The molecule has 1 aliphatic carbocycles. The summed E-state index contributed by atoms with van der Waals surface area (Å²) in [5.74, 6) is -1.80. The largest absolute Gasteiger partial charge is 0.206 e. The molecule has 0 heterocycles. The Labute approximate surface area is 132 Å². The van der Waals surface area contributed by atoms with Crippen LogP contribution in [0.2, 0.25) is 0 Å². The Morgan fingerprint density at radius 1 is 1.00 bits per heavy atom. The van der Waals surface area contributed by atoms with Crippen LogP contribution in [-0.2, 0) is 12.8 Å². The monoisotopic (exact) mass is 313 g/mol. The summed E-state index contributed by atoms with van der Waals surface area (Å²) >= 11 is 0. The van der Waals surface area contributed by atoms with Gasteiger partial charge in [0.1, 0.15) is 23.5 Å². The van der Waals surface area contributed by atoms with Crippen molar-refractivity contribution in [2.24, 2.45) is 0 Å². The molecule has 0 atom stereocenters. The first kappa shape index (κ1) is 15.4. The molecule has 0 saturated carbocycles. The number of halogens is 3. The number of allylic oxidation sites excluding steroid dienone is 1. The van der Waals surface area contributed by atoms with Gasteiger partial charge in [-0.1, -0.05) is 13.0 Å². The van der Waals surface area contributed by atoms with E-state index in [2.05, 4.69) is 0 Å². The molecule has 0 saturated heterocycles. The molecule has 3 rings (SSSR count). The zero-order valence-corrected chi connectivity index (χ0v) is 12.6. The number of nitrogens with zero attached hydrogens (tertiary/aromatic N) is 1. The molecular weight excluding hydrogens is 299 g/mol. The molecule has 0 N–H and O–H groups in total. The summed E-state index contributed by atoms with van der Waals surface area (Å²) in [6.45, 7) is 1.83. The summed E-state index contributed by atoms with van der Waals surface area (Å²) in [5, 5.41) is 8.87. The van der Waals surface area contributed by atoms with Gasteiger partial charge in [-0.15, -0.1) is 0 Å². The lowest BCUT2D eigenvalue weighted by Crippen LogP contribution is -2.05. The fourth-order valence-corrected chi connectivity index (χ4v) is 2.93. The number of aryl methyl sites for hydroxylation is 2. The number of fused-ring (bicyclic) bond motifs is 1. The fourth-order valence-electron chi connectivity index (χ4n) is 2.93. The summed E-state index contributed by atoms with van der Waals surface area (Å²) in [7, 11) is 0. The minimum Gasteiger partial charge on any atom is -0.206 e. The molecule has 116 valence electrons. The minimum atomic E-state index is -0.619. The minimum absolute atomic E-state index is 0.00902. The van der Waals surface area contributed by atoms with Crippen molar-refractivity contribution in [3.63, 3.8) is 0 Å². The summed E-state index contributed by atoms with van der Waals surface area (Å²) in [4.78, 5) is 0. The van der Waals surface area contributed by atoms with Crippen LogP contribution in [0, 0.1) is 28.8 Å². The first-order chi connectivity index (χ1) is 11.0. The molecule has 0 unspecified atom stereocenters. The third-order valence-electron chi connectivity index (χ3n) is 4.17. The van der Waals surface area contributed by atoms with Crippen molar-refractivity contribution in [3.05, 3.63) is 69.5 Å². The predicted octanol–water partition coefficient (Wildman–Crippen LogP) is 5.02. The zero-order valence-electron chi connectivity index (χ0n) is 12.6. The lowest BCUT2D eigenvalue weighted by molar-refractivity contribution is 0.572. The van der Waals surface area contributed by atoms with Gasteiger partial charge in [0.2, 0.25) is 0 Å². The van der Waals surface area contributed by atoms with E-state index in [9.17, 15) is 13.2 Å². The second-order valence-corrected chi connectivity index (χ2v) is 5.60. The highest BCUT2D eigenvalue weighted by molar-refractivity contribution is 5.85. The first-order valence-corrected chi connectivity index (χ1v) is 7.45. The van der Waals surface area contributed by atoms with Gasteiger partial charge in [-0.2, -0.15) is 5.26 Å². The van der Waals surface area contributed by atoms with Crippen LogP contribution in [-0.4, -0.2) is 0 Å². The predicted molar refractivity (Wildman–Crippen MR) is 83.0 cm³/mol. The van der Waals surface area contributed by atoms with Gasteiger partial charge in [0, 0.05) is 5.56 Å². The maximum absolute atomic E-state index is 14.3. The summed E-state index contributed by atoms with van der Waals surface area (Å²) < 4.78 is 42.3. The van der Waals surface area contributed by atoms with E-state index < -0.39 is 17.5 Å². The smallest absolute Gasteiger partial charge is 0.141 e. The highest BCUT2D eigenvalue weighted by Gasteiger charge is 2.20. The van der Waals surface area contributed by atoms with Crippen LogP contribution in [0.15, 0.2) is 24.3 Å². The van der Waals surface area contributed by atoms with Gasteiger partial charge in [-0.25, -0.2) is 13.2 Å². The second-order valence-electron chi connectivity index (χ2n) is 5.60. The highest BCUT2D eigenvalue weighted by atomic mass is 19.1. The lowest BCUT2D eigenvalue weighted by atomic mass is 9.87.